The van der Waals surface area contributed by atoms with Crippen molar-refractivity contribution in [1.82, 2.24) is 4.90 Å². The molecule has 1 aliphatic carbocycles. The number of anilines is 1. The van der Waals surface area contributed by atoms with Crippen LogP contribution in [0.1, 0.15) is 58.6 Å². The highest BCUT2D eigenvalue weighted by Gasteiger charge is 2.62. The van der Waals surface area contributed by atoms with Crippen LogP contribution in [0.2, 0.25) is 10.0 Å². The summed E-state index contributed by atoms with van der Waals surface area (Å²) in [6.45, 7) is 8.16. The van der Waals surface area contributed by atoms with E-state index in [1.807, 2.05) is 0 Å². The molecular weight excluding hydrogens is 613 g/mol. The van der Waals surface area contributed by atoms with Crippen LogP contribution in [0.5, 0.6) is 0 Å². The summed E-state index contributed by atoms with van der Waals surface area (Å²) < 4.78 is 0. The molecule has 2 aromatic rings. The minimum atomic E-state index is -1.21. The van der Waals surface area contributed by atoms with Crippen LogP contribution in [0.25, 0.3) is 0 Å². The van der Waals surface area contributed by atoms with Gasteiger partial charge in [0.2, 0.25) is 5.91 Å². The second kappa shape index (κ2) is 10.9. The Morgan fingerprint density at radius 3 is 2.49 bits per heavy atom. The summed E-state index contributed by atoms with van der Waals surface area (Å²) in [5, 5.41) is 14.0. The SMILES string of the molecule is CC(=O)C1=C(N2C(=O)[C@H]3[C@H](ON(c4cccc([N+](=O)[O-])c4)[C@H]3c3ccc(Cl)cc3Cl)C2=O)S[C@@H]2C[C@@H](C(C)(C)C)CC[C@@H]12. The second-order valence-corrected chi connectivity index (χ2v) is 14.8. The van der Waals surface area contributed by atoms with E-state index in [1.54, 1.807) is 18.2 Å². The van der Waals surface area contributed by atoms with Crippen molar-refractivity contribution < 1.29 is 24.1 Å². The lowest BCUT2D eigenvalue weighted by Crippen LogP contribution is -2.36. The normalized spacial score (nSPS) is 28.9. The average molecular weight is 645 g/mol. The van der Waals surface area contributed by atoms with Crippen molar-refractivity contribution in [1.29, 1.82) is 0 Å². The van der Waals surface area contributed by atoms with Gasteiger partial charge in [0.15, 0.2) is 11.9 Å². The maximum absolute atomic E-state index is 14.4. The van der Waals surface area contributed by atoms with Crippen LogP contribution in [0.3, 0.4) is 0 Å². The fraction of sp³-hybridized carbons (Fsp3) is 0.452. The predicted octanol–water partition coefficient (Wildman–Crippen LogP) is 7.13. The van der Waals surface area contributed by atoms with Crippen molar-refractivity contribution in [2.24, 2.45) is 23.2 Å². The molecule has 3 aliphatic heterocycles. The Morgan fingerprint density at radius 1 is 1.09 bits per heavy atom. The maximum Gasteiger partial charge on any atom is 0.271 e. The van der Waals surface area contributed by atoms with Crippen LogP contribution in [0.15, 0.2) is 53.1 Å². The Morgan fingerprint density at radius 2 is 1.84 bits per heavy atom. The number of rotatable bonds is 5. The Labute approximate surface area is 263 Å². The number of hydrogen-bond acceptors (Lipinski definition) is 8. The first kappa shape index (κ1) is 30.1. The number of fused-ring (bicyclic) bond motifs is 2. The molecule has 0 spiro atoms. The fourth-order valence-electron chi connectivity index (χ4n) is 6.97. The van der Waals surface area contributed by atoms with E-state index in [0.717, 1.165) is 24.2 Å². The number of thioether (sulfide) groups is 1. The van der Waals surface area contributed by atoms with E-state index in [-0.39, 0.29) is 33.1 Å². The van der Waals surface area contributed by atoms with Crippen LogP contribution >= 0.6 is 35.0 Å². The molecule has 6 rings (SSSR count). The zero-order valence-corrected chi connectivity index (χ0v) is 26.4. The highest BCUT2D eigenvalue weighted by Crippen LogP contribution is 2.57. The van der Waals surface area contributed by atoms with E-state index in [4.69, 9.17) is 28.0 Å². The van der Waals surface area contributed by atoms with E-state index in [2.05, 4.69) is 20.8 Å². The van der Waals surface area contributed by atoms with Crippen LogP contribution in [0.4, 0.5) is 11.4 Å². The first-order valence-electron chi connectivity index (χ1n) is 14.2. The average Bonchev–Trinajstić information content (AvgIpc) is 3.58. The molecule has 6 atom stereocenters. The van der Waals surface area contributed by atoms with E-state index < -0.39 is 34.8 Å². The lowest BCUT2D eigenvalue weighted by atomic mass is 9.68. The maximum atomic E-state index is 14.4. The number of Topliss-reactive ketones (excluding diaryl/α,β-unsaturated/α-hetero) is 1. The van der Waals surface area contributed by atoms with Crippen LogP contribution in [-0.4, -0.2) is 38.8 Å². The molecule has 2 aromatic carbocycles. The van der Waals surface area contributed by atoms with Gasteiger partial charge in [0.05, 0.1) is 21.7 Å². The molecule has 0 radical (unpaired) electrons. The number of nitro groups is 1. The summed E-state index contributed by atoms with van der Waals surface area (Å²) in [6.07, 6.45) is 1.47. The highest BCUT2D eigenvalue weighted by molar-refractivity contribution is 8.04. The van der Waals surface area contributed by atoms with Crippen molar-refractivity contribution in [3.8, 4) is 0 Å². The molecule has 0 aromatic heterocycles. The van der Waals surface area contributed by atoms with Gasteiger partial charge in [-0.1, -0.05) is 56.1 Å². The minimum Gasteiger partial charge on any atom is -0.295 e. The number of benzene rings is 2. The van der Waals surface area contributed by atoms with E-state index in [0.29, 0.717) is 32.8 Å². The van der Waals surface area contributed by atoms with Gasteiger partial charge in [0.1, 0.15) is 5.92 Å². The third kappa shape index (κ3) is 5.06. The summed E-state index contributed by atoms with van der Waals surface area (Å²) in [7, 11) is 0. The number of nitrogens with zero attached hydrogens (tertiary/aromatic N) is 3. The number of halogens is 2. The van der Waals surface area contributed by atoms with Gasteiger partial charge >= 0.3 is 0 Å². The molecule has 4 aliphatic rings. The van der Waals surface area contributed by atoms with Crippen LogP contribution < -0.4 is 5.06 Å². The largest absolute Gasteiger partial charge is 0.295 e. The van der Waals surface area contributed by atoms with Crippen LogP contribution in [0, 0.1) is 33.3 Å². The summed E-state index contributed by atoms with van der Waals surface area (Å²) in [5.74, 6) is -1.78. The van der Waals surface area contributed by atoms with Gasteiger partial charge in [0.25, 0.3) is 11.6 Å². The topological polar surface area (TPSA) is 110 Å². The number of nitro benzene ring substituents is 1. The number of carbonyl (C=O) groups is 3. The molecule has 3 fully saturated rings. The fourth-order valence-corrected chi connectivity index (χ4v) is 9.25. The molecule has 9 nitrogen and oxygen atoms in total. The van der Waals surface area contributed by atoms with Gasteiger partial charge in [0, 0.05) is 38.9 Å². The molecule has 0 unspecified atom stereocenters. The zero-order valence-electron chi connectivity index (χ0n) is 24.1. The molecular formula is C31H31Cl2N3O6S. The van der Waals surface area contributed by atoms with Crippen molar-refractivity contribution in [3.05, 3.63) is 78.8 Å². The summed E-state index contributed by atoms with van der Waals surface area (Å²) in [5.41, 5.74) is 1.25. The number of allylic oxidation sites excluding steroid dienone is 1. The Kier molecular flexibility index (Phi) is 7.64. The number of amides is 2. The van der Waals surface area contributed by atoms with Gasteiger partial charge < -0.3 is 0 Å². The lowest BCUT2D eigenvalue weighted by molar-refractivity contribution is -0.384. The van der Waals surface area contributed by atoms with Crippen molar-refractivity contribution in [3.63, 3.8) is 0 Å². The van der Waals surface area contributed by atoms with Crippen molar-refractivity contribution in [2.45, 2.75) is 64.4 Å². The Bertz CT molecular complexity index is 1590. The van der Waals surface area contributed by atoms with Gasteiger partial charge in [-0.05, 0) is 61.3 Å². The number of imide groups is 1. The molecule has 12 heteroatoms. The quantitative estimate of drug-likeness (QED) is 0.192. The molecule has 2 amide bonds. The number of likely N-dealkylation sites (tertiary alicyclic amines) is 1. The summed E-state index contributed by atoms with van der Waals surface area (Å²) in [4.78, 5) is 59.8. The molecule has 1 saturated carbocycles. The van der Waals surface area contributed by atoms with Gasteiger partial charge in [-0.25, -0.2) is 9.96 Å². The Balaban J connectivity index is 1.40. The van der Waals surface area contributed by atoms with Gasteiger partial charge in [-0.15, -0.1) is 11.8 Å². The third-order valence-electron chi connectivity index (χ3n) is 9.15. The summed E-state index contributed by atoms with van der Waals surface area (Å²) in [6, 6.07) is 9.72. The molecule has 2 saturated heterocycles. The van der Waals surface area contributed by atoms with E-state index in [9.17, 15) is 24.5 Å². The first-order valence-corrected chi connectivity index (χ1v) is 15.9. The minimum absolute atomic E-state index is 0.0269. The van der Waals surface area contributed by atoms with Crippen LogP contribution in [-0.2, 0) is 19.2 Å². The molecule has 43 heavy (non-hydrogen) atoms. The van der Waals surface area contributed by atoms with Gasteiger partial charge in [-0.3, -0.25) is 29.3 Å². The van der Waals surface area contributed by atoms with E-state index >= 15 is 0 Å². The second-order valence-electron chi connectivity index (χ2n) is 12.7. The van der Waals surface area contributed by atoms with Gasteiger partial charge in [-0.2, -0.15) is 0 Å². The summed E-state index contributed by atoms with van der Waals surface area (Å²) >= 11 is 14.3. The molecule has 3 heterocycles. The Hall–Kier alpha value is -2.92. The zero-order chi connectivity index (χ0) is 31.0. The number of hydrogen-bond donors (Lipinski definition) is 0. The first-order chi connectivity index (χ1) is 20.3. The number of carbonyl (C=O) groups excluding carboxylic acids is 3. The molecule has 0 bridgehead atoms. The smallest absolute Gasteiger partial charge is 0.271 e. The van der Waals surface area contributed by atoms with Crippen molar-refractivity contribution in [2.75, 3.05) is 5.06 Å². The molecule has 226 valence electrons. The lowest BCUT2D eigenvalue weighted by Gasteiger charge is -2.39. The standard InChI is InChI=1S/C31H31Cl2N3O6S/c1-15(37)24-21-10-8-16(31(2,3)4)12-23(21)43-30(24)34-28(38)25-26(20-11-9-17(32)13-22(20)33)35(42-27(25)29(34)39)18-6-5-7-19(14-18)36(40)41/h5-7,9,11,13-14,16,21,23,25-27H,8,10,12H2,1-4H3/t16-,21+,23+,25+,26-,27-/m0/s1. The molecule has 0 N–H and O–H groups in total. The van der Waals surface area contributed by atoms with E-state index in [1.165, 1.54) is 48.0 Å². The highest BCUT2D eigenvalue weighted by atomic mass is 35.5. The number of hydroxylamine groups is 1. The predicted molar refractivity (Wildman–Crippen MR) is 164 cm³/mol. The number of ketones is 1. The number of non-ortho nitro benzene ring substituents is 1. The van der Waals surface area contributed by atoms with Crippen molar-refractivity contribution >= 4 is 63.9 Å². The monoisotopic (exact) mass is 643 g/mol. The third-order valence-corrected chi connectivity index (χ3v) is 11.2.